The Morgan fingerprint density at radius 1 is 1.21 bits per heavy atom. The molecule has 0 saturated carbocycles. The number of benzene rings is 2. The fourth-order valence-electron chi connectivity index (χ4n) is 3.77. The number of carbonyl (C=O) groups is 2. The number of nitrogens with two attached hydrogens (primary N) is 1. The average molecular weight is 396 g/mol. The number of anilines is 1. The van der Waals surface area contributed by atoms with Crippen molar-refractivity contribution in [3.63, 3.8) is 0 Å². The summed E-state index contributed by atoms with van der Waals surface area (Å²) in [7, 11) is 0. The van der Waals surface area contributed by atoms with Crippen molar-refractivity contribution in [1.29, 1.82) is 0 Å². The van der Waals surface area contributed by atoms with Crippen molar-refractivity contribution in [2.24, 2.45) is 10.9 Å². The molecule has 28 heavy (non-hydrogen) atoms. The van der Waals surface area contributed by atoms with Crippen molar-refractivity contribution >= 4 is 34.6 Å². The number of nitrogens with one attached hydrogen (secondary N) is 1. The molecular weight excluding hydrogens is 376 g/mol. The highest BCUT2D eigenvalue weighted by Crippen LogP contribution is 2.51. The fourth-order valence-corrected chi connectivity index (χ4v) is 5.18. The van der Waals surface area contributed by atoms with Crippen molar-refractivity contribution in [3.05, 3.63) is 65.7 Å². The molecule has 2 aliphatic heterocycles. The smallest absolute Gasteiger partial charge is 0.407 e. The van der Waals surface area contributed by atoms with Gasteiger partial charge in [-0.3, -0.25) is 9.79 Å². The van der Waals surface area contributed by atoms with Gasteiger partial charge in [-0.15, -0.1) is 0 Å². The lowest BCUT2D eigenvalue weighted by atomic mass is 9.87. The van der Waals surface area contributed by atoms with Gasteiger partial charge in [-0.25, -0.2) is 4.79 Å². The number of amides is 2. The van der Waals surface area contributed by atoms with Crippen molar-refractivity contribution < 1.29 is 14.7 Å². The molecular formula is C20H20N4O3S. The van der Waals surface area contributed by atoms with Gasteiger partial charge in [0.15, 0.2) is 5.17 Å². The Morgan fingerprint density at radius 3 is 2.71 bits per heavy atom. The zero-order valence-corrected chi connectivity index (χ0v) is 15.9. The Kier molecular flexibility index (Phi) is 4.72. The van der Waals surface area contributed by atoms with Crippen LogP contribution in [0, 0.1) is 5.92 Å². The number of rotatable bonds is 2. The fraction of sp³-hybridized carbons (Fsp3) is 0.250. The maximum Gasteiger partial charge on any atom is 0.407 e. The Bertz CT molecular complexity index is 949. The summed E-state index contributed by atoms with van der Waals surface area (Å²) < 4.78 is -0.533. The molecule has 2 aliphatic rings. The summed E-state index contributed by atoms with van der Waals surface area (Å²) in [6.07, 6.45) is -0.951. The van der Waals surface area contributed by atoms with Crippen molar-refractivity contribution in [2.75, 3.05) is 25.4 Å². The Balaban J connectivity index is 1.64. The molecule has 0 aliphatic carbocycles. The quantitative estimate of drug-likeness (QED) is 0.676. The molecule has 8 heteroatoms. The van der Waals surface area contributed by atoms with Gasteiger partial charge >= 0.3 is 6.09 Å². The van der Waals surface area contributed by atoms with Gasteiger partial charge in [0.1, 0.15) is 0 Å². The van der Waals surface area contributed by atoms with Crippen LogP contribution in [0.5, 0.6) is 0 Å². The average Bonchev–Trinajstić information content (AvgIpc) is 3.09. The molecule has 2 atom stereocenters. The van der Waals surface area contributed by atoms with Gasteiger partial charge in [0.25, 0.3) is 5.91 Å². The molecule has 4 rings (SSSR count). The first-order chi connectivity index (χ1) is 13.5. The number of hydrogen-bond acceptors (Lipinski definition) is 5. The largest absolute Gasteiger partial charge is 0.465 e. The molecule has 0 spiro atoms. The van der Waals surface area contributed by atoms with Crippen LogP contribution in [0.4, 0.5) is 10.5 Å². The molecule has 2 aromatic carbocycles. The van der Waals surface area contributed by atoms with E-state index in [1.54, 1.807) is 30.3 Å². The van der Waals surface area contributed by atoms with E-state index in [1.165, 1.54) is 16.7 Å². The molecule has 0 unspecified atom stereocenters. The van der Waals surface area contributed by atoms with E-state index in [-0.39, 0.29) is 11.8 Å². The van der Waals surface area contributed by atoms with Gasteiger partial charge in [-0.1, -0.05) is 42.1 Å². The molecule has 0 aromatic heterocycles. The highest BCUT2D eigenvalue weighted by atomic mass is 32.2. The number of thioether (sulfide) groups is 1. The maximum absolute atomic E-state index is 12.5. The summed E-state index contributed by atoms with van der Waals surface area (Å²) in [4.78, 5) is 30.1. The van der Waals surface area contributed by atoms with E-state index in [4.69, 9.17) is 5.73 Å². The number of aliphatic imine (C=N–C) groups is 1. The maximum atomic E-state index is 12.5. The van der Waals surface area contributed by atoms with Crippen molar-refractivity contribution in [2.45, 2.75) is 4.75 Å². The van der Waals surface area contributed by atoms with E-state index >= 15 is 0 Å². The minimum absolute atomic E-state index is 0.00720. The number of nitrogens with zero attached hydrogens (tertiary/aromatic N) is 2. The second-order valence-corrected chi connectivity index (χ2v) is 8.26. The van der Waals surface area contributed by atoms with E-state index in [0.717, 1.165) is 5.56 Å². The second kappa shape index (κ2) is 7.20. The van der Waals surface area contributed by atoms with Crippen LogP contribution < -0.4 is 11.1 Å². The topological polar surface area (TPSA) is 108 Å². The molecule has 144 valence electrons. The predicted octanol–water partition coefficient (Wildman–Crippen LogP) is 2.61. The third kappa shape index (κ3) is 3.31. The lowest BCUT2D eigenvalue weighted by Crippen LogP contribution is -2.42. The number of likely N-dealkylation sites (tertiary alicyclic amines) is 1. The van der Waals surface area contributed by atoms with Crippen LogP contribution in [0.25, 0.3) is 0 Å². The summed E-state index contributed by atoms with van der Waals surface area (Å²) in [5.41, 5.74) is 8.11. The number of amidine groups is 1. The zero-order valence-electron chi connectivity index (χ0n) is 15.0. The summed E-state index contributed by atoms with van der Waals surface area (Å²) in [5, 5.41) is 12.9. The molecule has 2 heterocycles. The van der Waals surface area contributed by atoms with Gasteiger partial charge < -0.3 is 21.1 Å². The summed E-state index contributed by atoms with van der Waals surface area (Å²) in [6.45, 7) is 1.16. The number of carboxylic acid groups (broad SMARTS) is 1. The molecule has 4 N–H and O–H groups in total. The zero-order chi connectivity index (χ0) is 19.7. The van der Waals surface area contributed by atoms with Crippen molar-refractivity contribution in [1.82, 2.24) is 10.2 Å². The van der Waals surface area contributed by atoms with E-state index in [2.05, 4.69) is 10.3 Å². The Morgan fingerprint density at radius 2 is 2.00 bits per heavy atom. The monoisotopic (exact) mass is 396 g/mol. The van der Waals surface area contributed by atoms with Crippen LogP contribution >= 0.6 is 11.8 Å². The van der Waals surface area contributed by atoms with Crippen LogP contribution in [0.2, 0.25) is 0 Å². The summed E-state index contributed by atoms with van der Waals surface area (Å²) >= 11 is 1.41. The van der Waals surface area contributed by atoms with E-state index < -0.39 is 10.8 Å². The normalized spacial score (nSPS) is 23.6. The van der Waals surface area contributed by atoms with Gasteiger partial charge in [0.2, 0.25) is 0 Å². The molecule has 1 fully saturated rings. The van der Waals surface area contributed by atoms with Crippen LogP contribution in [-0.2, 0) is 4.75 Å². The van der Waals surface area contributed by atoms with Crippen LogP contribution in [0.1, 0.15) is 15.9 Å². The number of nitrogen functional groups attached to an aromatic ring is 1. The molecule has 1 saturated heterocycles. The van der Waals surface area contributed by atoms with E-state index in [0.29, 0.717) is 36.1 Å². The molecule has 7 nitrogen and oxygen atoms in total. The standard InChI is InChI=1S/C20H20N4O3S/c21-16-8-4-7-14(9-16)20-12-24(19(26)27)11-15(20)10-22-18(28-20)23-17(25)13-5-2-1-3-6-13/h1-9,15H,10-12,21H2,(H,26,27)(H,22,23,25)/t15-,20+/m0/s1. The minimum Gasteiger partial charge on any atom is -0.465 e. The first-order valence-electron chi connectivity index (χ1n) is 8.92. The van der Waals surface area contributed by atoms with E-state index in [9.17, 15) is 14.7 Å². The predicted molar refractivity (Wildman–Crippen MR) is 109 cm³/mol. The number of carbonyl (C=O) groups excluding carboxylic acids is 1. The molecule has 0 bridgehead atoms. The third-order valence-electron chi connectivity index (χ3n) is 5.16. The van der Waals surface area contributed by atoms with Gasteiger partial charge in [-0.2, -0.15) is 0 Å². The highest BCUT2D eigenvalue weighted by molar-refractivity contribution is 8.14. The van der Waals surface area contributed by atoms with Gasteiger partial charge in [-0.05, 0) is 29.8 Å². The third-order valence-corrected chi connectivity index (χ3v) is 6.65. The number of fused-ring (bicyclic) bond motifs is 1. The molecule has 2 aromatic rings. The highest BCUT2D eigenvalue weighted by Gasteiger charge is 2.52. The SMILES string of the molecule is Nc1cccc([C@]23CN(C(=O)O)C[C@@H]2CN=C(NC(=O)c2ccccc2)S3)c1. The first kappa shape index (κ1) is 18.4. The minimum atomic E-state index is -0.951. The molecule has 2 amide bonds. The summed E-state index contributed by atoms with van der Waals surface area (Å²) in [5.74, 6) is -0.228. The second-order valence-electron chi connectivity index (χ2n) is 6.94. The first-order valence-corrected chi connectivity index (χ1v) is 9.73. The lowest BCUT2D eigenvalue weighted by molar-refractivity contribution is 0.0977. The lowest BCUT2D eigenvalue weighted by Gasteiger charge is -2.37. The number of hydrogen-bond donors (Lipinski definition) is 3. The van der Waals surface area contributed by atoms with Crippen LogP contribution in [-0.4, -0.2) is 46.8 Å². The molecule has 0 radical (unpaired) electrons. The van der Waals surface area contributed by atoms with E-state index in [1.807, 2.05) is 24.3 Å². The van der Waals surface area contributed by atoms with Crippen LogP contribution in [0.3, 0.4) is 0 Å². The Labute approximate surface area is 166 Å². The van der Waals surface area contributed by atoms with Crippen molar-refractivity contribution in [3.8, 4) is 0 Å². The van der Waals surface area contributed by atoms with Gasteiger partial charge in [0, 0.05) is 36.8 Å². The Hall–Kier alpha value is -3.00. The van der Waals surface area contributed by atoms with Crippen LogP contribution in [0.15, 0.2) is 59.6 Å². The summed E-state index contributed by atoms with van der Waals surface area (Å²) in [6, 6.07) is 16.4. The van der Waals surface area contributed by atoms with Gasteiger partial charge in [0.05, 0.1) is 4.75 Å².